The standard InChI is InChI=1S/C21H20ClFN4O/c22-16-8-5-14(6-9-16)12-20(28)24-18-13-15(7-10-17(18)23)21-26-25-19-4-2-1-3-11-27(19)21/h5-10,13H,1-4,11-12H2,(H,24,28). The second kappa shape index (κ2) is 8.10. The third kappa shape index (κ3) is 4.07. The number of aryl methyl sites for hydroxylation is 1. The highest BCUT2D eigenvalue weighted by Gasteiger charge is 2.17. The zero-order valence-corrected chi connectivity index (χ0v) is 16.0. The molecule has 1 amide bonds. The zero-order chi connectivity index (χ0) is 19.5. The van der Waals surface area contributed by atoms with E-state index in [0.717, 1.165) is 49.2 Å². The van der Waals surface area contributed by atoms with E-state index < -0.39 is 5.82 Å². The van der Waals surface area contributed by atoms with E-state index in [1.807, 2.05) is 0 Å². The van der Waals surface area contributed by atoms with Crippen LogP contribution in [0.3, 0.4) is 0 Å². The van der Waals surface area contributed by atoms with Gasteiger partial charge in [-0.2, -0.15) is 0 Å². The average molecular weight is 399 g/mol. The Bertz CT molecular complexity index is 1000. The number of hydrogen-bond donors (Lipinski definition) is 1. The highest BCUT2D eigenvalue weighted by Crippen LogP contribution is 2.26. The molecule has 2 heterocycles. The smallest absolute Gasteiger partial charge is 0.228 e. The summed E-state index contributed by atoms with van der Waals surface area (Å²) in [7, 11) is 0. The van der Waals surface area contributed by atoms with Crippen LogP contribution in [0.2, 0.25) is 5.02 Å². The van der Waals surface area contributed by atoms with Crippen molar-refractivity contribution < 1.29 is 9.18 Å². The third-order valence-electron chi connectivity index (χ3n) is 4.89. The van der Waals surface area contributed by atoms with E-state index in [2.05, 4.69) is 20.1 Å². The number of halogens is 2. The van der Waals surface area contributed by atoms with E-state index in [-0.39, 0.29) is 18.0 Å². The van der Waals surface area contributed by atoms with Crippen molar-refractivity contribution in [1.29, 1.82) is 0 Å². The van der Waals surface area contributed by atoms with Gasteiger partial charge in [-0.05, 0) is 48.7 Å². The molecule has 5 nitrogen and oxygen atoms in total. The minimum Gasteiger partial charge on any atom is -0.323 e. The van der Waals surface area contributed by atoms with E-state index >= 15 is 0 Å². The van der Waals surface area contributed by atoms with E-state index in [4.69, 9.17) is 11.6 Å². The van der Waals surface area contributed by atoms with Crippen LogP contribution in [0.5, 0.6) is 0 Å². The van der Waals surface area contributed by atoms with Crippen molar-refractivity contribution in [1.82, 2.24) is 14.8 Å². The topological polar surface area (TPSA) is 59.8 Å². The van der Waals surface area contributed by atoms with Gasteiger partial charge in [0.25, 0.3) is 0 Å². The Balaban J connectivity index is 1.55. The summed E-state index contributed by atoms with van der Waals surface area (Å²) in [5.41, 5.74) is 1.69. The SMILES string of the molecule is O=C(Cc1ccc(Cl)cc1)Nc1cc(-c2nnc3n2CCCCC3)ccc1F. The number of hydrogen-bond acceptors (Lipinski definition) is 3. The molecule has 7 heteroatoms. The first-order valence-electron chi connectivity index (χ1n) is 9.36. The summed E-state index contributed by atoms with van der Waals surface area (Å²) >= 11 is 5.86. The molecule has 2 aromatic carbocycles. The van der Waals surface area contributed by atoms with Crippen molar-refractivity contribution in [3.63, 3.8) is 0 Å². The molecular weight excluding hydrogens is 379 g/mol. The molecule has 1 N–H and O–H groups in total. The van der Waals surface area contributed by atoms with Crippen LogP contribution in [0, 0.1) is 5.82 Å². The Morgan fingerprint density at radius 2 is 1.93 bits per heavy atom. The molecule has 0 radical (unpaired) electrons. The molecule has 0 fully saturated rings. The Labute approximate surface area is 167 Å². The monoisotopic (exact) mass is 398 g/mol. The van der Waals surface area contributed by atoms with Gasteiger partial charge in [-0.3, -0.25) is 4.79 Å². The van der Waals surface area contributed by atoms with Gasteiger partial charge in [0.2, 0.25) is 5.91 Å². The molecule has 1 aromatic heterocycles. The molecule has 0 saturated carbocycles. The molecule has 3 aromatic rings. The normalized spacial score (nSPS) is 13.6. The van der Waals surface area contributed by atoms with Crippen molar-refractivity contribution in [3.05, 3.63) is 64.7 Å². The van der Waals surface area contributed by atoms with E-state index in [1.54, 1.807) is 36.4 Å². The van der Waals surface area contributed by atoms with Gasteiger partial charge >= 0.3 is 0 Å². The predicted octanol–water partition coefficient (Wildman–Crippen LogP) is 4.65. The average Bonchev–Trinajstić information content (AvgIpc) is 2.93. The summed E-state index contributed by atoms with van der Waals surface area (Å²) in [6.07, 6.45) is 4.38. The zero-order valence-electron chi connectivity index (χ0n) is 15.3. The number of carbonyl (C=O) groups excluding carboxylic acids is 1. The van der Waals surface area contributed by atoms with Crippen LogP contribution in [-0.4, -0.2) is 20.7 Å². The number of carbonyl (C=O) groups is 1. The van der Waals surface area contributed by atoms with Gasteiger partial charge in [-0.15, -0.1) is 10.2 Å². The number of nitrogens with zero attached hydrogens (tertiary/aromatic N) is 3. The van der Waals surface area contributed by atoms with Crippen molar-refractivity contribution in [2.45, 2.75) is 38.6 Å². The second-order valence-corrected chi connectivity index (χ2v) is 7.38. The number of nitrogens with one attached hydrogen (secondary N) is 1. The molecular formula is C21H20ClFN4O. The molecule has 0 spiro atoms. The fourth-order valence-electron chi connectivity index (χ4n) is 3.44. The van der Waals surface area contributed by atoms with Crippen molar-refractivity contribution >= 4 is 23.2 Å². The fourth-order valence-corrected chi connectivity index (χ4v) is 3.57. The second-order valence-electron chi connectivity index (χ2n) is 6.95. The van der Waals surface area contributed by atoms with Crippen molar-refractivity contribution in [2.24, 2.45) is 0 Å². The highest BCUT2D eigenvalue weighted by atomic mass is 35.5. The first kappa shape index (κ1) is 18.6. The summed E-state index contributed by atoms with van der Waals surface area (Å²) in [6.45, 7) is 0.854. The number of anilines is 1. The van der Waals surface area contributed by atoms with E-state index in [1.165, 1.54) is 6.07 Å². The van der Waals surface area contributed by atoms with Crippen LogP contribution in [0.4, 0.5) is 10.1 Å². The van der Waals surface area contributed by atoms with Gasteiger partial charge in [0.05, 0.1) is 12.1 Å². The molecule has 28 heavy (non-hydrogen) atoms. The summed E-state index contributed by atoms with van der Waals surface area (Å²) < 4.78 is 16.4. The molecule has 0 bridgehead atoms. The third-order valence-corrected chi connectivity index (χ3v) is 5.14. The summed E-state index contributed by atoms with van der Waals surface area (Å²) in [5.74, 6) is 0.900. The Morgan fingerprint density at radius 1 is 1.11 bits per heavy atom. The minimum atomic E-state index is -0.483. The van der Waals surface area contributed by atoms with Gasteiger partial charge in [0.15, 0.2) is 5.82 Å². The number of rotatable bonds is 4. The van der Waals surface area contributed by atoms with E-state index in [9.17, 15) is 9.18 Å². The summed E-state index contributed by atoms with van der Waals surface area (Å²) in [5, 5.41) is 11.9. The van der Waals surface area contributed by atoms with Crippen LogP contribution < -0.4 is 5.32 Å². The molecule has 144 valence electrons. The maximum absolute atomic E-state index is 14.3. The van der Waals surface area contributed by atoms with Crippen LogP contribution >= 0.6 is 11.6 Å². The fraction of sp³-hybridized carbons (Fsp3) is 0.286. The molecule has 4 rings (SSSR count). The number of amides is 1. The lowest BCUT2D eigenvalue weighted by atomic mass is 10.1. The Kier molecular flexibility index (Phi) is 5.39. The molecule has 0 saturated heterocycles. The lowest BCUT2D eigenvalue weighted by molar-refractivity contribution is -0.115. The minimum absolute atomic E-state index is 0.140. The molecule has 1 aliphatic heterocycles. The van der Waals surface area contributed by atoms with Crippen LogP contribution in [0.1, 0.15) is 30.7 Å². The summed E-state index contributed by atoms with van der Waals surface area (Å²) in [6, 6.07) is 11.7. The van der Waals surface area contributed by atoms with Crippen LogP contribution in [0.25, 0.3) is 11.4 Å². The number of aromatic nitrogens is 3. The lowest BCUT2D eigenvalue weighted by Crippen LogP contribution is -2.15. The molecule has 1 aliphatic rings. The molecule has 0 unspecified atom stereocenters. The summed E-state index contributed by atoms with van der Waals surface area (Å²) in [4.78, 5) is 12.4. The van der Waals surface area contributed by atoms with Crippen molar-refractivity contribution in [3.8, 4) is 11.4 Å². The van der Waals surface area contributed by atoms with Gasteiger partial charge in [0, 0.05) is 23.6 Å². The number of benzene rings is 2. The first-order chi connectivity index (χ1) is 13.6. The lowest BCUT2D eigenvalue weighted by Gasteiger charge is -2.10. The van der Waals surface area contributed by atoms with E-state index in [0.29, 0.717) is 10.8 Å². The number of fused-ring (bicyclic) bond motifs is 1. The van der Waals surface area contributed by atoms with Crippen LogP contribution in [-0.2, 0) is 24.2 Å². The maximum Gasteiger partial charge on any atom is 0.228 e. The van der Waals surface area contributed by atoms with Gasteiger partial charge in [-0.1, -0.05) is 30.2 Å². The van der Waals surface area contributed by atoms with Gasteiger partial charge in [0.1, 0.15) is 11.6 Å². The Hall–Kier alpha value is -2.73. The van der Waals surface area contributed by atoms with Gasteiger partial charge in [-0.25, -0.2) is 4.39 Å². The van der Waals surface area contributed by atoms with Gasteiger partial charge < -0.3 is 9.88 Å². The Morgan fingerprint density at radius 3 is 2.75 bits per heavy atom. The van der Waals surface area contributed by atoms with Crippen LogP contribution in [0.15, 0.2) is 42.5 Å². The largest absolute Gasteiger partial charge is 0.323 e. The predicted molar refractivity (Wildman–Crippen MR) is 107 cm³/mol. The maximum atomic E-state index is 14.3. The van der Waals surface area contributed by atoms with Crippen molar-refractivity contribution in [2.75, 3.05) is 5.32 Å². The quantitative estimate of drug-likeness (QED) is 0.696. The highest BCUT2D eigenvalue weighted by molar-refractivity contribution is 6.30. The molecule has 0 atom stereocenters. The molecule has 0 aliphatic carbocycles. The first-order valence-corrected chi connectivity index (χ1v) is 9.74.